The molecule has 5 nitrogen and oxygen atoms in total. The maximum atomic E-state index is 12.1. The number of hydrogen-bond acceptors (Lipinski definition) is 5. The average Bonchev–Trinajstić information content (AvgIpc) is 2.35. The summed E-state index contributed by atoms with van der Waals surface area (Å²) in [5, 5.41) is 8.53. The molecule has 0 saturated carbocycles. The molecule has 1 unspecified atom stereocenters. The van der Waals surface area contributed by atoms with Crippen molar-refractivity contribution < 1.29 is 19.1 Å². The van der Waals surface area contributed by atoms with Crippen molar-refractivity contribution in [3.63, 3.8) is 0 Å². The number of hydrogen-bond donors (Lipinski definition) is 0. The number of ether oxygens (including phenoxy) is 2. The lowest BCUT2D eigenvalue weighted by atomic mass is 9.79. The van der Waals surface area contributed by atoms with Gasteiger partial charge in [0.2, 0.25) is 0 Å². The highest BCUT2D eigenvalue weighted by Gasteiger charge is 2.39. The van der Waals surface area contributed by atoms with E-state index in [0.717, 1.165) is 0 Å². The number of carbonyl (C=O) groups excluding carboxylic acids is 2. The topological polar surface area (TPSA) is 76.4 Å². The second-order valence-electron chi connectivity index (χ2n) is 4.32. The number of nitriles is 1. The average molecular weight is 255 g/mol. The smallest absolute Gasteiger partial charge is 0.312 e. The molecule has 0 bridgehead atoms. The summed E-state index contributed by atoms with van der Waals surface area (Å²) in [6.07, 6.45) is 0.688. The van der Waals surface area contributed by atoms with Crippen LogP contribution in [0.25, 0.3) is 0 Å². The van der Waals surface area contributed by atoms with E-state index in [1.807, 2.05) is 19.9 Å². The Hall–Kier alpha value is -1.57. The van der Waals surface area contributed by atoms with Crippen molar-refractivity contribution in [2.24, 2.45) is 5.41 Å². The van der Waals surface area contributed by atoms with E-state index in [4.69, 9.17) is 10.00 Å². The number of nitrogens with zero attached hydrogens (tertiary/aromatic N) is 1. The first-order valence-electron chi connectivity index (χ1n) is 6.10. The first kappa shape index (κ1) is 16.4. The fourth-order valence-corrected chi connectivity index (χ4v) is 1.69. The van der Waals surface area contributed by atoms with Crippen LogP contribution in [0.2, 0.25) is 0 Å². The zero-order valence-corrected chi connectivity index (χ0v) is 11.5. The van der Waals surface area contributed by atoms with Gasteiger partial charge in [-0.2, -0.15) is 5.26 Å². The van der Waals surface area contributed by atoms with Gasteiger partial charge in [0.25, 0.3) is 0 Å². The van der Waals surface area contributed by atoms with E-state index in [9.17, 15) is 9.59 Å². The highest BCUT2D eigenvalue weighted by Crippen LogP contribution is 2.33. The van der Waals surface area contributed by atoms with Crippen LogP contribution >= 0.6 is 0 Å². The third-order valence-electron chi connectivity index (χ3n) is 3.18. The fourth-order valence-electron chi connectivity index (χ4n) is 1.69. The molecule has 0 aliphatic carbocycles. The molecular formula is C13H21NO4. The zero-order valence-electron chi connectivity index (χ0n) is 11.5. The predicted octanol–water partition coefficient (Wildman–Crippen LogP) is 2.20. The highest BCUT2D eigenvalue weighted by atomic mass is 16.5. The summed E-state index contributed by atoms with van der Waals surface area (Å²) >= 11 is 0. The largest absolute Gasteiger partial charge is 0.469 e. The highest BCUT2D eigenvalue weighted by molar-refractivity contribution is 5.83. The van der Waals surface area contributed by atoms with Crippen molar-refractivity contribution in [2.75, 3.05) is 7.11 Å². The molecule has 0 heterocycles. The Morgan fingerprint density at radius 2 is 1.89 bits per heavy atom. The quantitative estimate of drug-likeness (QED) is 0.652. The molecule has 0 aromatic heterocycles. The minimum Gasteiger partial charge on any atom is -0.469 e. The monoisotopic (exact) mass is 255 g/mol. The van der Waals surface area contributed by atoms with Crippen molar-refractivity contribution in [1.29, 1.82) is 5.26 Å². The second-order valence-corrected chi connectivity index (χ2v) is 4.32. The van der Waals surface area contributed by atoms with Gasteiger partial charge in [-0.05, 0) is 19.8 Å². The molecule has 5 heteroatoms. The van der Waals surface area contributed by atoms with Gasteiger partial charge in [-0.3, -0.25) is 9.59 Å². The van der Waals surface area contributed by atoms with Crippen LogP contribution in [0.3, 0.4) is 0 Å². The van der Waals surface area contributed by atoms with Crippen LogP contribution in [-0.2, 0) is 19.1 Å². The van der Waals surface area contributed by atoms with Gasteiger partial charge >= 0.3 is 11.9 Å². The van der Waals surface area contributed by atoms with Crippen molar-refractivity contribution in [3.8, 4) is 6.07 Å². The van der Waals surface area contributed by atoms with Crippen LogP contribution in [0, 0.1) is 16.7 Å². The van der Waals surface area contributed by atoms with Crippen LogP contribution in [-0.4, -0.2) is 25.2 Å². The van der Waals surface area contributed by atoms with Gasteiger partial charge in [0.15, 0.2) is 0 Å². The van der Waals surface area contributed by atoms with Crippen LogP contribution in [0.15, 0.2) is 0 Å². The Labute approximate surface area is 108 Å². The summed E-state index contributed by atoms with van der Waals surface area (Å²) in [5.41, 5.74) is -0.850. The van der Waals surface area contributed by atoms with Gasteiger partial charge in [0.1, 0.15) is 6.10 Å². The molecule has 0 saturated heterocycles. The molecule has 1 atom stereocenters. The minimum atomic E-state index is -0.850. The number of esters is 2. The lowest BCUT2D eigenvalue weighted by molar-refractivity contribution is -0.166. The van der Waals surface area contributed by atoms with E-state index in [1.54, 1.807) is 6.92 Å². The molecular weight excluding hydrogens is 234 g/mol. The van der Waals surface area contributed by atoms with Gasteiger partial charge < -0.3 is 9.47 Å². The fraction of sp³-hybridized carbons (Fsp3) is 0.769. The third-order valence-corrected chi connectivity index (χ3v) is 3.18. The molecule has 0 radical (unpaired) electrons. The molecule has 0 aliphatic rings. The summed E-state index contributed by atoms with van der Waals surface area (Å²) in [4.78, 5) is 23.5. The third kappa shape index (κ3) is 4.36. The van der Waals surface area contributed by atoms with E-state index in [1.165, 1.54) is 7.11 Å². The molecule has 102 valence electrons. The molecule has 18 heavy (non-hydrogen) atoms. The van der Waals surface area contributed by atoms with E-state index in [0.29, 0.717) is 12.8 Å². The molecule has 0 rings (SSSR count). The van der Waals surface area contributed by atoms with Gasteiger partial charge in [-0.15, -0.1) is 0 Å². The van der Waals surface area contributed by atoms with Crippen LogP contribution in [0.5, 0.6) is 0 Å². The standard InChI is InChI=1S/C13H21NO4/c1-5-13(6-2,9-11(15)17-4)12(16)18-10(3)7-8-14/h10H,5-7,9H2,1-4H3. The maximum absolute atomic E-state index is 12.1. The lowest BCUT2D eigenvalue weighted by Gasteiger charge is -2.29. The van der Waals surface area contributed by atoms with Crippen molar-refractivity contribution in [2.45, 2.75) is 52.6 Å². The summed E-state index contributed by atoms with van der Waals surface area (Å²) in [6.45, 7) is 5.33. The van der Waals surface area contributed by atoms with Crippen molar-refractivity contribution >= 4 is 11.9 Å². The predicted molar refractivity (Wildman–Crippen MR) is 65.4 cm³/mol. The first-order valence-corrected chi connectivity index (χ1v) is 6.10. The van der Waals surface area contributed by atoms with E-state index >= 15 is 0 Å². The Morgan fingerprint density at radius 3 is 2.28 bits per heavy atom. The number of methoxy groups -OCH3 is 1. The van der Waals surface area contributed by atoms with Gasteiger partial charge in [-0.25, -0.2) is 0 Å². The van der Waals surface area contributed by atoms with Crippen molar-refractivity contribution in [3.05, 3.63) is 0 Å². The number of carbonyl (C=O) groups is 2. The summed E-state index contributed by atoms with van der Waals surface area (Å²) < 4.78 is 9.83. The summed E-state index contributed by atoms with van der Waals surface area (Å²) in [5.74, 6) is -0.857. The second kappa shape index (κ2) is 7.70. The van der Waals surface area contributed by atoms with Gasteiger partial charge in [-0.1, -0.05) is 13.8 Å². The Morgan fingerprint density at radius 1 is 1.33 bits per heavy atom. The Balaban J connectivity index is 4.82. The normalized spacial score (nSPS) is 12.4. The molecule has 0 aliphatic heterocycles. The summed E-state index contributed by atoms with van der Waals surface area (Å²) in [7, 11) is 1.29. The van der Waals surface area contributed by atoms with Gasteiger partial charge in [0.05, 0.1) is 31.4 Å². The molecule has 0 amide bonds. The lowest BCUT2D eigenvalue weighted by Crippen LogP contribution is -2.36. The maximum Gasteiger partial charge on any atom is 0.312 e. The van der Waals surface area contributed by atoms with Crippen LogP contribution < -0.4 is 0 Å². The molecule has 0 aromatic carbocycles. The van der Waals surface area contributed by atoms with E-state index < -0.39 is 23.5 Å². The molecule has 0 aromatic rings. The van der Waals surface area contributed by atoms with Gasteiger partial charge in [0, 0.05) is 0 Å². The van der Waals surface area contributed by atoms with E-state index in [-0.39, 0.29) is 12.8 Å². The van der Waals surface area contributed by atoms with Crippen molar-refractivity contribution in [1.82, 2.24) is 0 Å². The first-order chi connectivity index (χ1) is 8.45. The Kier molecular flexibility index (Phi) is 7.03. The van der Waals surface area contributed by atoms with Crippen LogP contribution in [0.4, 0.5) is 0 Å². The zero-order chi connectivity index (χ0) is 14.2. The molecule has 0 fully saturated rings. The Bertz CT molecular complexity index is 328. The van der Waals surface area contributed by atoms with E-state index in [2.05, 4.69) is 4.74 Å². The minimum absolute atomic E-state index is 0.00854. The SMILES string of the molecule is CCC(CC)(CC(=O)OC)C(=O)OC(C)CC#N. The molecule has 0 spiro atoms. The number of rotatable bonds is 7. The summed E-state index contributed by atoms with van der Waals surface area (Å²) in [6, 6.07) is 1.94. The van der Waals surface area contributed by atoms with Crippen LogP contribution in [0.1, 0.15) is 46.5 Å². The molecule has 0 N–H and O–H groups in total.